The van der Waals surface area contributed by atoms with E-state index in [1.165, 1.54) is 11.3 Å². The molecule has 0 unspecified atom stereocenters. The topological polar surface area (TPSA) is 50.5 Å². The van der Waals surface area contributed by atoms with E-state index >= 15 is 0 Å². The highest BCUT2D eigenvalue weighted by atomic mass is 16.5. The highest BCUT2D eigenvalue weighted by Crippen LogP contribution is 2.26. The molecule has 3 N–H and O–H groups in total. The summed E-state index contributed by atoms with van der Waals surface area (Å²) in [5, 5.41) is 3.36. The van der Waals surface area contributed by atoms with Crippen molar-refractivity contribution >= 4 is 5.69 Å². The van der Waals surface area contributed by atoms with E-state index in [4.69, 9.17) is 10.5 Å². The molecule has 0 radical (unpaired) electrons. The lowest BCUT2D eigenvalue weighted by molar-refractivity contribution is 0.409. The van der Waals surface area contributed by atoms with Gasteiger partial charge in [0.15, 0.2) is 0 Å². The van der Waals surface area contributed by atoms with E-state index in [2.05, 4.69) is 28.4 Å². The van der Waals surface area contributed by atoms with E-state index < -0.39 is 0 Å². The van der Waals surface area contributed by atoms with Crippen LogP contribution in [0.4, 0.5) is 5.69 Å². The first-order valence-electron chi connectivity index (χ1n) is 6.18. The Morgan fingerprint density at radius 1 is 1.35 bits per heavy atom. The van der Waals surface area contributed by atoms with Crippen molar-refractivity contribution in [1.82, 2.24) is 5.32 Å². The number of anilines is 1. The summed E-state index contributed by atoms with van der Waals surface area (Å²) in [6.45, 7) is 4.86. The summed E-state index contributed by atoms with van der Waals surface area (Å²) >= 11 is 0. The molecule has 0 aromatic heterocycles. The lowest BCUT2D eigenvalue weighted by atomic mass is 10.1. The first kappa shape index (κ1) is 12.2. The van der Waals surface area contributed by atoms with Crippen molar-refractivity contribution in [3.05, 3.63) is 23.8 Å². The van der Waals surface area contributed by atoms with Gasteiger partial charge in [-0.25, -0.2) is 0 Å². The van der Waals surface area contributed by atoms with Gasteiger partial charge in [-0.2, -0.15) is 0 Å². The van der Waals surface area contributed by atoms with Crippen LogP contribution in [0.1, 0.15) is 5.56 Å². The number of ether oxygens (including phenoxy) is 1. The standard InChI is InChI=1S/C13H21N3O/c1-17-13-10-12(3-2-11(13)4-5-14)16-8-6-15-7-9-16/h2-3,10,15H,4-9,14H2,1H3. The Bertz CT molecular complexity index is 362. The van der Waals surface area contributed by atoms with Gasteiger partial charge >= 0.3 is 0 Å². The van der Waals surface area contributed by atoms with Crippen LogP contribution < -0.4 is 20.7 Å². The summed E-state index contributed by atoms with van der Waals surface area (Å²) < 4.78 is 5.43. The molecule has 1 aromatic rings. The van der Waals surface area contributed by atoms with E-state index in [1.54, 1.807) is 7.11 Å². The van der Waals surface area contributed by atoms with Crippen LogP contribution in [-0.4, -0.2) is 39.8 Å². The zero-order chi connectivity index (χ0) is 12.1. The SMILES string of the molecule is COc1cc(N2CCNCC2)ccc1CCN. The van der Waals surface area contributed by atoms with E-state index in [1.807, 2.05) is 0 Å². The minimum Gasteiger partial charge on any atom is -0.496 e. The third-order valence-corrected chi connectivity index (χ3v) is 3.17. The van der Waals surface area contributed by atoms with Crippen LogP contribution in [0.5, 0.6) is 5.75 Å². The summed E-state index contributed by atoms with van der Waals surface area (Å²) in [5.74, 6) is 0.950. The molecule has 1 aromatic carbocycles. The molecule has 1 saturated heterocycles. The highest BCUT2D eigenvalue weighted by molar-refractivity contribution is 5.54. The second kappa shape index (κ2) is 5.89. The zero-order valence-electron chi connectivity index (χ0n) is 10.4. The second-order valence-corrected chi connectivity index (χ2v) is 4.27. The van der Waals surface area contributed by atoms with Crippen LogP contribution in [0.3, 0.4) is 0 Å². The lowest BCUT2D eigenvalue weighted by Gasteiger charge is -2.30. The van der Waals surface area contributed by atoms with Crippen LogP contribution in [0.25, 0.3) is 0 Å². The summed E-state index contributed by atoms with van der Waals surface area (Å²) in [6.07, 6.45) is 0.866. The molecule has 2 rings (SSSR count). The predicted octanol–water partition coefficient (Wildman–Crippen LogP) is 0.606. The maximum absolute atomic E-state index is 5.59. The lowest BCUT2D eigenvalue weighted by Crippen LogP contribution is -2.43. The maximum atomic E-state index is 5.59. The fourth-order valence-corrected chi connectivity index (χ4v) is 2.22. The summed E-state index contributed by atoms with van der Waals surface area (Å²) in [4.78, 5) is 2.38. The van der Waals surface area contributed by atoms with Crippen molar-refractivity contribution in [2.75, 3.05) is 44.7 Å². The molecule has 0 saturated carbocycles. The Morgan fingerprint density at radius 3 is 2.76 bits per heavy atom. The van der Waals surface area contributed by atoms with E-state index in [0.29, 0.717) is 6.54 Å². The Balaban J connectivity index is 2.17. The van der Waals surface area contributed by atoms with Gasteiger partial charge in [-0.3, -0.25) is 0 Å². The van der Waals surface area contributed by atoms with Gasteiger partial charge in [-0.1, -0.05) is 6.07 Å². The molecular weight excluding hydrogens is 214 g/mol. The molecule has 0 atom stereocenters. The summed E-state index contributed by atoms with van der Waals surface area (Å²) in [7, 11) is 1.72. The highest BCUT2D eigenvalue weighted by Gasteiger charge is 2.12. The fraction of sp³-hybridized carbons (Fsp3) is 0.538. The number of hydrogen-bond donors (Lipinski definition) is 2. The molecule has 1 aliphatic rings. The quantitative estimate of drug-likeness (QED) is 0.802. The molecule has 4 heteroatoms. The molecule has 0 amide bonds. The molecule has 4 nitrogen and oxygen atoms in total. The number of nitrogens with one attached hydrogen (secondary N) is 1. The van der Waals surface area contributed by atoms with E-state index in [9.17, 15) is 0 Å². The second-order valence-electron chi connectivity index (χ2n) is 4.27. The van der Waals surface area contributed by atoms with Gasteiger partial charge in [0, 0.05) is 37.9 Å². The molecule has 0 aliphatic carbocycles. The number of rotatable bonds is 4. The number of nitrogens with zero attached hydrogens (tertiary/aromatic N) is 1. The smallest absolute Gasteiger partial charge is 0.124 e. The normalized spacial score (nSPS) is 16.0. The van der Waals surface area contributed by atoms with Crippen LogP contribution in [0, 0.1) is 0 Å². The van der Waals surface area contributed by atoms with Gasteiger partial charge in [0.05, 0.1) is 7.11 Å². The van der Waals surface area contributed by atoms with E-state index in [-0.39, 0.29) is 0 Å². The van der Waals surface area contributed by atoms with Gasteiger partial charge in [0.1, 0.15) is 5.75 Å². The van der Waals surface area contributed by atoms with Gasteiger partial charge in [0.25, 0.3) is 0 Å². The minimum absolute atomic E-state index is 0.656. The molecule has 1 heterocycles. The van der Waals surface area contributed by atoms with Crippen LogP contribution >= 0.6 is 0 Å². The van der Waals surface area contributed by atoms with Gasteiger partial charge < -0.3 is 20.7 Å². The molecule has 17 heavy (non-hydrogen) atoms. The maximum Gasteiger partial charge on any atom is 0.124 e. The third kappa shape index (κ3) is 2.90. The van der Waals surface area contributed by atoms with Crippen molar-refractivity contribution in [3.8, 4) is 5.75 Å². The van der Waals surface area contributed by atoms with Crippen LogP contribution in [-0.2, 0) is 6.42 Å². The molecule has 0 spiro atoms. The van der Waals surface area contributed by atoms with Crippen molar-refractivity contribution in [3.63, 3.8) is 0 Å². The van der Waals surface area contributed by atoms with Crippen molar-refractivity contribution in [1.29, 1.82) is 0 Å². The van der Waals surface area contributed by atoms with Gasteiger partial charge in [0.2, 0.25) is 0 Å². The average Bonchev–Trinajstić information content (AvgIpc) is 2.40. The average molecular weight is 235 g/mol. The number of piperazine rings is 1. The monoisotopic (exact) mass is 235 g/mol. The summed E-state index contributed by atoms with van der Waals surface area (Å²) in [5.41, 5.74) is 8.02. The Morgan fingerprint density at radius 2 is 2.12 bits per heavy atom. The first-order valence-corrected chi connectivity index (χ1v) is 6.18. The van der Waals surface area contributed by atoms with Crippen molar-refractivity contribution in [2.45, 2.75) is 6.42 Å². The Hall–Kier alpha value is -1.26. The molecule has 1 fully saturated rings. The Kier molecular flexibility index (Phi) is 4.23. The Labute approximate surface area is 103 Å². The van der Waals surface area contributed by atoms with Crippen LogP contribution in [0.15, 0.2) is 18.2 Å². The van der Waals surface area contributed by atoms with Gasteiger partial charge in [-0.15, -0.1) is 0 Å². The molecular formula is C13H21N3O. The zero-order valence-corrected chi connectivity index (χ0v) is 10.4. The summed E-state index contributed by atoms with van der Waals surface area (Å²) in [6, 6.07) is 6.41. The largest absolute Gasteiger partial charge is 0.496 e. The fourth-order valence-electron chi connectivity index (χ4n) is 2.22. The molecule has 1 aliphatic heterocycles. The van der Waals surface area contributed by atoms with Crippen LogP contribution in [0.2, 0.25) is 0 Å². The molecule has 94 valence electrons. The van der Waals surface area contributed by atoms with Crippen molar-refractivity contribution in [2.24, 2.45) is 5.73 Å². The molecule has 0 bridgehead atoms. The first-order chi connectivity index (χ1) is 8.35. The number of methoxy groups -OCH3 is 1. The van der Waals surface area contributed by atoms with E-state index in [0.717, 1.165) is 38.3 Å². The number of nitrogens with two attached hydrogens (primary N) is 1. The van der Waals surface area contributed by atoms with Gasteiger partial charge in [-0.05, 0) is 24.6 Å². The third-order valence-electron chi connectivity index (χ3n) is 3.17. The predicted molar refractivity (Wildman–Crippen MR) is 70.8 cm³/mol. The number of benzene rings is 1. The number of hydrogen-bond acceptors (Lipinski definition) is 4. The minimum atomic E-state index is 0.656. The van der Waals surface area contributed by atoms with Crippen molar-refractivity contribution < 1.29 is 4.74 Å².